The molecule has 0 aliphatic rings. The van der Waals surface area contributed by atoms with Gasteiger partial charge in [0.1, 0.15) is 0 Å². The minimum atomic E-state index is 0. The average molecular weight is 379 g/mol. The van der Waals surface area contributed by atoms with E-state index in [1.807, 2.05) is 11.6 Å². The van der Waals surface area contributed by atoms with Crippen molar-refractivity contribution < 1.29 is 4.79 Å². The van der Waals surface area contributed by atoms with Gasteiger partial charge in [-0.05, 0) is 44.9 Å². The van der Waals surface area contributed by atoms with Gasteiger partial charge in [0, 0.05) is 25.2 Å². The van der Waals surface area contributed by atoms with Gasteiger partial charge in [-0.2, -0.15) is 5.10 Å². The third-order valence-corrected chi connectivity index (χ3v) is 4.46. The molecule has 26 heavy (non-hydrogen) atoms. The molecule has 6 heteroatoms. The highest BCUT2D eigenvalue weighted by Crippen LogP contribution is 2.17. The number of nitrogens with one attached hydrogen (secondary N) is 2. The van der Waals surface area contributed by atoms with E-state index in [-0.39, 0.29) is 18.3 Å². The van der Waals surface area contributed by atoms with E-state index in [0.717, 1.165) is 37.4 Å². The fourth-order valence-corrected chi connectivity index (χ4v) is 2.91. The van der Waals surface area contributed by atoms with E-state index in [1.165, 1.54) is 16.7 Å². The zero-order valence-corrected chi connectivity index (χ0v) is 17.1. The van der Waals surface area contributed by atoms with Gasteiger partial charge in [0.05, 0.1) is 12.2 Å². The number of hydrogen-bond acceptors (Lipinski definition) is 3. The van der Waals surface area contributed by atoms with Crippen LogP contribution >= 0.6 is 12.4 Å². The molecule has 0 saturated carbocycles. The fourth-order valence-electron chi connectivity index (χ4n) is 2.91. The molecule has 0 saturated heterocycles. The largest absolute Gasteiger partial charge is 0.355 e. The van der Waals surface area contributed by atoms with E-state index in [4.69, 9.17) is 0 Å². The summed E-state index contributed by atoms with van der Waals surface area (Å²) in [4.78, 5) is 12.0. The minimum absolute atomic E-state index is 0. The Bertz CT molecular complexity index is 695. The lowest BCUT2D eigenvalue weighted by Gasteiger charge is -2.07. The molecule has 0 atom stereocenters. The lowest BCUT2D eigenvalue weighted by Crippen LogP contribution is -2.31. The molecule has 0 unspecified atom stereocenters. The van der Waals surface area contributed by atoms with Crippen LogP contribution in [0.5, 0.6) is 0 Å². The molecule has 5 nitrogen and oxygen atoms in total. The van der Waals surface area contributed by atoms with Gasteiger partial charge < -0.3 is 10.6 Å². The van der Waals surface area contributed by atoms with E-state index in [1.54, 1.807) is 0 Å². The van der Waals surface area contributed by atoms with Gasteiger partial charge in [0.25, 0.3) is 0 Å². The van der Waals surface area contributed by atoms with Gasteiger partial charge in [-0.25, -0.2) is 0 Å². The number of nitrogens with zero attached hydrogens (tertiary/aromatic N) is 2. The SMILES string of the molecule is CCNCCNC(=O)CCc1c(C)nn(Cc2ccc(C)cc2)c1C.Cl. The summed E-state index contributed by atoms with van der Waals surface area (Å²) in [5, 5.41) is 10.8. The monoisotopic (exact) mass is 378 g/mol. The van der Waals surface area contributed by atoms with Crippen molar-refractivity contribution in [3.05, 3.63) is 52.3 Å². The summed E-state index contributed by atoms with van der Waals surface area (Å²) in [5.74, 6) is 0.1000. The summed E-state index contributed by atoms with van der Waals surface area (Å²) in [6.07, 6.45) is 1.24. The molecule has 0 spiro atoms. The lowest BCUT2D eigenvalue weighted by molar-refractivity contribution is -0.121. The maximum absolute atomic E-state index is 12.0. The summed E-state index contributed by atoms with van der Waals surface area (Å²) in [7, 11) is 0. The molecular weight excluding hydrogens is 348 g/mol. The Kier molecular flexibility index (Phi) is 9.38. The lowest BCUT2D eigenvalue weighted by atomic mass is 10.1. The molecule has 2 aromatic rings. The third-order valence-electron chi connectivity index (χ3n) is 4.46. The molecule has 0 bridgehead atoms. The van der Waals surface area contributed by atoms with Crippen molar-refractivity contribution >= 4 is 18.3 Å². The van der Waals surface area contributed by atoms with Crippen molar-refractivity contribution in [1.29, 1.82) is 0 Å². The number of carbonyl (C=O) groups is 1. The summed E-state index contributed by atoms with van der Waals surface area (Å²) in [5.41, 5.74) is 5.86. The van der Waals surface area contributed by atoms with Crippen molar-refractivity contribution in [2.24, 2.45) is 0 Å². The number of likely N-dealkylation sites (N-methyl/N-ethyl adjacent to an activating group) is 1. The molecule has 1 aromatic carbocycles. The van der Waals surface area contributed by atoms with E-state index in [2.05, 4.69) is 60.8 Å². The Hall–Kier alpha value is -1.85. The summed E-state index contributed by atoms with van der Waals surface area (Å²) in [6.45, 7) is 11.4. The first-order chi connectivity index (χ1) is 12.0. The highest BCUT2D eigenvalue weighted by molar-refractivity contribution is 5.85. The summed E-state index contributed by atoms with van der Waals surface area (Å²) in [6, 6.07) is 8.53. The van der Waals surface area contributed by atoms with Gasteiger partial charge in [-0.1, -0.05) is 36.8 Å². The summed E-state index contributed by atoms with van der Waals surface area (Å²) >= 11 is 0. The van der Waals surface area contributed by atoms with Crippen LogP contribution < -0.4 is 10.6 Å². The molecule has 0 radical (unpaired) electrons. The maximum Gasteiger partial charge on any atom is 0.220 e. The van der Waals surface area contributed by atoms with Crippen molar-refractivity contribution in [3.8, 4) is 0 Å². The van der Waals surface area contributed by atoms with Crippen molar-refractivity contribution in [2.75, 3.05) is 19.6 Å². The van der Waals surface area contributed by atoms with E-state index < -0.39 is 0 Å². The molecular formula is C20H31ClN4O. The standard InChI is InChI=1S/C20H30N4O.ClH/c1-5-21-12-13-22-20(25)11-10-19-16(3)23-24(17(19)4)14-18-8-6-15(2)7-9-18;/h6-9,21H,5,10-14H2,1-4H3,(H,22,25);1H. The topological polar surface area (TPSA) is 58.9 Å². The second kappa shape index (κ2) is 11.0. The predicted molar refractivity (Wildman–Crippen MR) is 109 cm³/mol. The highest BCUT2D eigenvalue weighted by Gasteiger charge is 2.13. The Morgan fingerprint density at radius 2 is 1.81 bits per heavy atom. The van der Waals surface area contributed by atoms with E-state index >= 15 is 0 Å². The van der Waals surface area contributed by atoms with Crippen molar-refractivity contribution in [3.63, 3.8) is 0 Å². The fraction of sp³-hybridized carbons (Fsp3) is 0.500. The molecule has 0 aliphatic carbocycles. The normalized spacial score (nSPS) is 10.5. The van der Waals surface area contributed by atoms with Crippen LogP contribution in [-0.2, 0) is 17.8 Å². The van der Waals surface area contributed by atoms with Crippen LogP contribution in [0.3, 0.4) is 0 Å². The first-order valence-electron chi connectivity index (χ1n) is 9.07. The highest BCUT2D eigenvalue weighted by atomic mass is 35.5. The Labute approximate surface area is 163 Å². The van der Waals surface area contributed by atoms with Crippen LogP contribution in [0, 0.1) is 20.8 Å². The third kappa shape index (κ3) is 6.46. The first kappa shape index (κ1) is 22.2. The number of halogens is 1. The van der Waals surface area contributed by atoms with Gasteiger partial charge in [-0.15, -0.1) is 12.4 Å². The minimum Gasteiger partial charge on any atom is -0.355 e. The number of amides is 1. The predicted octanol–water partition coefficient (Wildman–Crippen LogP) is 2.94. The molecule has 1 aromatic heterocycles. The van der Waals surface area contributed by atoms with Crippen LogP contribution in [0.2, 0.25) is 0 Å². The molecule has 2 rings (SSSR count). The second-order valence-corrected chi connectivity index (χ2v) is 6.50. The number of rotatable bonds is 9. The number of benzene rings is 1. The Balaban J connectivity index is 0.00000338. The van der Waals surface area contributed by atoms with Gasteiger partial charge >= 0.3 is 0 Å². The second-order valence-electron chi connectivity index (χ2n) is 6.50. The van der Waals surface area contributed by atoms with Crippen LogP contribution in [0.15, 0.2) is 24.3 Å². The van der Waals surface area contributed by atoms with Crippen LogP contribution in [0.1, 0.15) is 41.4 Å². The maximum atomic E-state index is 12.0. The first-order valence-corrected chi connectivity index (χ1v) is 9.07. The molecule has 1 heterocycles. The molecule has 144 valence electrons. The van der Waals surface area contributed by atoms with Crippen LogP contribution in [-0.4, -0.2) is 35.3 Å². The van der Waals surface area contributed by atoms with Gasteiger partial charge in [0.15, 0.2) is 0 Å². The van der Waals surface area contributed by atoms with Crippen molar-refractivity contribution in [2.45, 2.75) is 47.1 Å². The summed E-state index contributed by atoms with van der Waals surface area (Å²) < 4.78 is 2.04. The molecule has 0 aliphatic heterocycles. The van der Waals surface area contributed by atoms with Gasteiger partial charge in [-0.3, -0.25) is 9.48 Å². The smallest absolute Gasteiger partial charge is 0.220 e. The number of aromatic nitrogens is 2. The Morgan fingerprint density at radius 1 is 1.12 bits per heavy atom. The number of carbonyl (C=O) groups excluding carboxylic acids is 1. The number of aryl methyl sites for hydroxylation is 2. The zero-order valence-electron chi connectivity index (χ0n) is 16.3. The Morgan fingerprint density at radius 3 is 2.46 bits per heavy atom. The van der Waals surface area contributed by atoms with Crippen LogP contribution in [0.25, 0.3) is 0 Å². The molecule has 0 fully saturated rings. The average Bonchev–Trinajstić information content (AvgIpc) is 2.85. The van der Waals surface area contributed by atoms with Gasteiger partial charge in [0.2, 0.25) is 5.91 Å². The van der Waals surface area contributed by atoms with Crippen LogP contribution in [0.4, 0.5) is 0 Å². The number of hydrogen-bond donors (Lipinski definition) is 2. The van der Waals surface area contributed by atoms with E-state index in [0.29, 0.717) is 13.0 Å². The van der Waals surface area contributed by atoms with E-state index in [9.17, 15) is 4.79 Å². The zero-order chi connectivity index (χ0) is 18.2. The molecule has 1 amide bonds. The quantitative estimate of drug-likeness (QED) is 0.659. The molecule has 2 N–H and O–H groups in total. The van der Waals surface area contributed by atoms with Crippen molar-refractivity contribution in [1.82, 2.24) is 20.4 Å².